The van der Waals surface area contributed by atoms with Crippen LogP contribution in [-0.2, 0) is 0 Å². The van der Waals surface area contributed by atoms with Crippen molar-refractivity contribution in [3.8, 4) is 0 Å². The van der Waals surface area contributed by atoms with Gasteiger partial charge in [-0.05, 0) is 22.9 Å². The Hall–Kier alpha value is -1.10. The van der Waals surface area contributed by atoms with Crippen molar-refractivity contribution in [2.75, 3.05) is 0 Å². The summed E-state index contributed by atoms with van der Waals surface area (Å²) in [5, 5.41) is 0.681. The lowest BCUT2D eigenvalue weighted by Gasteiger charge is -2.12. The second kappa shape index (κ2) is 4.64. The Bertz CT molecular complexity index is 551. The summed E-state index contributed by atoms with van der Waals surface area (Å²) in [7, 11) is 0. The van der Waals surface area contributed by atoms with Crippen molar-refractivity contribution in [1.29, 1.82) is 0 Å². The highest BCUT2D eigenvalue weighted by Gasteiger charge is 2.22. The lowest BCUT2D eigenvalue weighted by atomic mass is 9.99. The van der Waals surface area contributed by atoms with E-state index in [1.54, 1.807) is 12.1 Å². The van der Waals surface area contributed by atoms with Gasteiger partial charge in [0.05, 0.1) is 0 Å². The lowest BCUT2D eigenvalue weighted by molar-refractivity contribution is 0.126. The average molecular weight is 307 g/mol. The van der Waals surface area contributed by atoms with Crippen LogP contribution in [-0.4, -0.2) is 0 Å². The topological polar surface area (TPSA) is 0 Å². The molecule has 2 aromatic carbocycles. The van der Waals surface area contributed by atoms with Crippen LogP contribution in [0.15, 0.2) is 34.8 Å². The molecule has 0 aliphatic carbocycles. The van der Waals surface area contributed by atoms with Gasteiger partial charge in [0.15, 0.2) is 0 Å². The number of hydrogen-bond donors (Lipinski definition) is 0. The quantitative estimate of drug-likeness (QED) is 0.645. The molecule has 0 aliphatic rings. The van der Waals surface area contributed by atoms with E-state index in [1.807, 2.05) is 0 Å². The minimum Gasteiger partial charge on any atom is -0.205 e. The maximum Gasteiger partial charge on any atom is 0.264 e. The van der Waals surface area contributed by atoms with E-state index in [1.165, 1.54) is 12.1 Å². The summed E-state index contributed by atoms with van der Waals surface area (Å²) >= 11 is 3.21. The molecule has 0 nitrogen and oxygen atoms in total. The maximum absolute atomic E-state index is 12.9. The van der Waals surface area contributed by atoms with Gasteiger partial charge in [0, 0.05) is 15.6 Å². The van der Waals surface area contributed by atoms with E-state index < -0.39 is 24.0 Å². The zero-order valence-electron chi connectivity index (χ0n) is 8.43. The van der Waals surface area contributed by atoms with E-state index in [0.717, 1.165) is 10.5 Å². The molecule has 0 saturated heterocycles. The summed E-state index contributed by atoms with van der Waals surface area (Å²) < 4.78 is 51.8. The van der Waals surface area contributed by atoms with Gasteiger partial charge in [0.2, 0.25) is 0 Å². The molecular formula is C12H7BrF4. The molecule has 0 unspecified atom stereocenters. The summed E-state index contributed by atoms with van der Waals surface area (Å²) in [6.07, 6.45) is -5.81. The normalized spacial score (nSPS) is 11.7. The van der Waals surface area contributed by atoms with Crippen LogP contribution in [0.1, 0.15) is 24.0 Å². The van der Waals surface area contributed by atoms with Crippen LogP contribution in [0, 0.1) is 0 Å². The largest absolute Gasteiger partial charge is 0.264 e. The SMILES string of the molecule is FC(F)c1ccc2cc(Br)ccc2c1C(F)F. The monoisotopic (exact) mass is 306 g/mol. The van der Waals surface area contributed by atoms with Crippen LogP contribution in [0.3, 0.4) is 0 Å². The predicted molar refractivity (Wildman–Crippen MR) is 61.6 cm³/mol. The third kappa shape index (κ3) is 2.29. The highest BCUT2D eigenvalue weighted by Crippen LogP contribution is 2.36. The molecule has 0 N–H and O–H groups in total. The van der Waals surface area contributed by atoms with Gasteiger partial charge in [-0.2, -0.15) is 0 Å². The van der Waals surface area contributed by atoms with Gasteiger partial charge in [-0.25, -0.2) is 17.6 Å². The van der Waals surface area contributed by atoms with E-state index in [0.29, 0.717) is 5.39 Å². The van der Waals surface area contributed by atoms with Crippen molar-refractivity contribution < 1.29 is 17.6 Å². The number of alkyl halides is 4. The number of hydrogen-bond acceptors (Lipinski definition) is 0. The Morgan fingerprint density at radius 2 is 1.59 bits per heavy atom. The molecule has 0 bridgehead atoms. The molecule has 0 aliphatic heterocycles. The molecule has 0 radical (unpaired) electrons. The molecule has 2 aromatic rings. The summed E-state index contributed by atoms with van der Waals surface area (Å²) in [6, 6.07) is 7.08. The first-order chi connectivity index (χ1) is 8.00. The zero-order valence-corrected chi connectivity index (χ0v) is 10.0. The molecule has 0 saturated carbocycles. The molecule has 17 heavy (non-hydrogen) atoms. The zero-order chi connectivity index (χ0) is 12.6. The van der Waals surface area contributed by atoms with Gasteiger partial charge >= 0.3 is 0 Å². The van der Waals surface area contributed by atoms with Crippen LogP contribution >= 0.6 is 15.9 Å². The van der Waals surface area contributed by atoms with Crippen LogP contribution in [0.4, 0.5) is 17.6 Å². The molecule has 90 valence electrons. The third-order valence-corrected chi connectivity index (χ3v) is 3.00. The molecule has 0 amide bonds. The number of benzene rings is 2. The highest BCUT2D eigenvalue weighted by atomic mass is 79.9. The van der Waals surface area contributed by atoms with Crippen molar-refractivity contribution in [1.82, 2.24) is 0 Å². The second-order valence-corrected chi connectivity index (χ2v) is 4.45. The molecule has 0 heterocycles. The molecule has 0 fully saturated rings. The Kier molecular flexibility index (Phi) is 3.38. The van der Waals surface area contributed by atoms with E-state index >= 15 is 0 Å². The first-order valence-corrected chi connectivity index (χ1v) is 5.58. The highest BCUT2D eigenvalue weighted by molar-refractivity contribution is 9.10. The van der Waals surface area contributed by atoms with Crippen LogP contribution in [0.2, 0.25) is 0 Å². The Balaban J connectivity index is 2.79. The van der Waals surface area contributed by atoms with E-state index in [2.05, 4.69) is 15.9 Å². The summed E-state index contributed by atoms with van der Waals surface area (Å²) in [6.45, 7) is 0. The van der Waals surface area contributed by atoms with E-state index in [-0.39, 0.29) is 5.39 Å². The third-order valence-electron chi connectivity index (χ3n) is 2.51. The fourth-order valence-electron chi connectivity index (χ4n) is 1.78. The Labute approximate surface area is 103 Å². The molecule has 5 heteroatoms. The van der Waals surface area contributed by atoms with Gasteiger partial charge in [-0.15, -0.1) is 0 Å². The molecular weight excluding hydrogens is 300 g/mol. The lowest BCUT2D eigenvalue weighted by Crippen LogP contribution is -1.96. The smallest absolute Gasteiger partial charge is 0.205 e. The van der Waals surface area contributed by atoms with Gasteiger partial charge in [0.1, 0.15) is 0 Å². The van der Waals surface area contributed by atoms with Crippen LogP contribution < -0.4 is 0 Å². The van der Waals surface area contributed by atoms with Gasteiger partial charge in [-0.1, -0.05) is 34.1 Å². The molecule has 0 spiro atoms. The maximum atomic E-state index is 12.9. The van der Waals surface area contributed by atoms with Gasteiger partial charge in [0.25, 0.3) is 12.9 Å². The first-order valence-electron chi connectivity index (χ1n) is 4.79. The fraction of sp³-hybridized carbons (Fsp3) is 0.167. The minimum atomic E-state index is -2.91. The van der Waals surface area contributed by atoms with Gasteiger partial charge < -0.3 is 0 Å². The van der Waals surface area contributed by atoms with Gasteiger partial charge in [-0.3, -0.25) is 0 Å². The summed E-state index contributed by atoms with van der Waals surface area (Å²) in [4.78, 5) is 0. The molecule has 2 rings (SSSR count). The van der Waals surface area contributed by atoms with Crippen molar-refractivity contribution in [2.24, 2.45) is 0 Å². The summed E-state index contributed by atoms with van der Waals surface area (Å²) in [5.41, 5.74) is -1.18. The van der Waals surface area contributed by atoms with E-state index in [9.17, 15) is 17.6 Å². The number of rotatable bonds is 2. The number of fused-ring (bicyclic) bond motifs is 1. The fourth-order valence-corrected chi connectivity index (χ4v) is 2.15. The standard InChI is InChI=1S/C12H7BrF4/c13-7-2-4-8-6(5-7)1-3-9(11(14)15)10(8)12(16)17/h1-5,11-12H. The Morgan fingerprint density at radius 3 is 2.18 bits per heavy atom. The minimum absolute atomic E-state index is 0.168. The average Bonchev–Trinajstić information content (AvgIpc) is 2.26. The molecule has 0 aromatic heterocycles. The van der Waals surface area contributed by atoms with Crippen LogP contribution in [0.25, 0.3) is 10.8 Å². The molecule has 0 atom stereocenters. The van der Waals surface area contributed by atoms with E-state index in [4.69, 9.17) is 0 Å². The number of halogens is 5. The first kappa shape index (κ1) is 12.4. The predicted octanol–water partition coefficient (Wildman–Crippen LogP) is 5.48. The van der Waals surface area contributed by atoms with Crippen molar-refractivity contribution >= 4 is 26.7 Å². The van der Waals surface area contributed by atoms with Crippen LogP contribution in [0.5, 0.6) is 0 Å². The summed E-state index contributed by atoms with van der Waals surface area (Å²) in [5.74, 6) is 0. The van der Waals surface area contributed by atoms with Crippen molar-refractivity contribution in [3.63, 3.8) is 0 Å². The van der Waals surface area contributed by atoms with Crippen molar-refractivity contribution in [2.45, 2.75) is 12.9 Å². The van der Waals surface area contributed by atoms with Crippen molar-refractivity contribution in [3.05, 3.63) is 45.9 Å². The second-order valence-electron chi connectivity index (χ2n) is 3.54. The Morgan fingerprint density at radius 1 is 0.882 bits per heavy atom.